The zero-order valence-electron chi connectivity index (χ0n) is 13.2. The molecule has 1 heterocycles. The fourth-order valence-corrected chi connectivity index (χ4v) is 3.03. The summed E-state index contributed by atoms with van der Waals surface area (Å²) in [5.74, 6) is 0.328. The van der Waals surface area contributed by atoms with Crippen molar-refractivity contribution in [2.75, 3.05) is 13.1 Å². The van der Waals surface area contributed by atoms with Gasteiger partial charge in [-0.1, -0.05) is 40.0 Å². The van der Waals surface area contributed by atoms with Crippen LogP contribution in [0.2, 0.25) is 0 Å². The summed E-state index contributed by atoms with van der Waals surface area (Å²) in [6, 6.07) is 0.833. The van der Waals surface area contributed by atoms with Crippen LogP contribution in [-0.2, 0) is 0 Å². The first kappa shape index (κ1) is 16.5. The van der Waals surface area contributed by atoms with Crippen LogP contribution in [0.4, 0.5) is 0 Å². The minimum Gasteiger partial charge on any atom is -0.387 e. The second-order valence-electron chi connectivity index (χ2n) is 6.73. The summed E-state index contributed by atoms with van der Waals surface area (Å²) in [4.78, 5) is 2.70. The zero-order valence-corrected chi connectivity index (χ0v) is 13.2. The number of unbranched alkanes of at least 4 members (excludes halogenated alkanes) is 1. The minimum absolute atomic E-state index is 0.120. The highest BCUT2D eigenvalue weighted by Gasteiger charge is 2.23. The number of nitrogens with one attached hydrogen (secondary N) is 1. The molecule has 0 aliphatic carbocycles. The maximum absolute atomic E-state index is 7.58. The van der Waals surface area contributed by atoms with E-state index in [1.54, 1.807) is 0 Å². The van der Waals surface area contributed by atoms with E-state index in [1.807, 2.05) is 0 Å². The van der Waals surface area contributed by atoms with Crippen molar-refractivity contribution in [3.63, 3.8) is 0 Å². The number of amidine groups is 1. The lowest BCUT2D eigenvalue weighted by Crippen LogP contribution is -2.40. The van der Waals surface area contributed by atoms with Gasteiger partial charge in [-0.15, -0.1) is 0 Å². The van der Waals surface area contributed by atoms with E-state index < -0.39 is 0 Å². The molecule has 1 atom stereocenters. The molecule has 1 unspecified atom stereocenters. The minimum atomic E-state index is -0.120. The van der Waals surface area contributed by atoms with Gasteiger partial charge in [-0.3, -0.25) is 5.41 Å². The highest BCUT2D eigenvalue weighted by Crippen LogP contribution is 2.24. The Hall–Kier alpha value is -0.570. The van der Waals surface area contributed by atoms with E-state index in [-0.39, 0.29) is 5.41 Å². The number of nitrogens with two attached hydrogens (primary N) is 1. The van der Waals surface area contributed by atoms with Gasteiger partial charge >= 0.3 is 0 Å². The smallest absolute Gasteiger partial charge is 0.0963 e. The second kappa shape index (κ2) is 7.88. The van der Waals surface area contributed by atoms with E-state index >= 15 is 0 Å². The molecule has 0 radical (unpaired) electrons. The average Bonchev–Trinajstić information content (AvgIpc) is 2.36. The van der Waals surface area contributed by atoms with Crippen molar-refractivity contribution in [2.45, 2.75) is 78.2 Å². The van der Waals surface area contributed by atoms with E-state index in [4.69, 9.17) is 11.1 Å². The fourth-order valence-electron chi connectivity index (χ4n) is 3.03. The Labute approximate surface area is 119 Å². The number of piperidine rings is 1. The molecule has 3 N–H and O–H groups in total. The van der Waals surface area contributed by atoms with Crippen molar-refractivity contribution < 1.29 is 0 Å². The molecule has 3 heteroatoms. The van der Waals surface area contributed by atoms with Crippen LogP contribution in [0.3, 0.4) is 0 Å². The van der Waals surface area contributed by atoms with E-state index in [1.165, 1.54) is 58.0 Å². The topological polar surface area (TPSA) is 53.1 Å². The summed E-state index contributed by atoms with van der Waals surface area (Å²) < 4.78 is 0. The molecule has 0 saturated carbocycles. The van der Waals surface area contributed by atoms with Gasteiger partial charge < -0.3 is 10.6 Å². The van der Waals surface area contributed by atoms with Crippen molar-refractivity contribution in [1.29, 1.82) is 5.41 Å². The molecule has 1 saturated heterocycles. The molecule has 19 heavy (non-hydrogen) atoms. The maximum atomic E-state index is 7.58. The Kier molecular flexibility index (Phi) is 6.84. The Balaban J connectivity index is 2.25. The molecule has 0 aromatic carbocycles. The first-order valence-corrected chi connectivity index (χ1v) is 8.06. The number of hydrogen-bond acceptors (Lipinski definition) is 2. The molecule has 1 aliphatic heterocycles. The standard InChI is InChI=1S/C16H33N3/c1-4-9-14-10-5-7-12-19(14)13-8-6-11-16(2,3)15(17)18/h14H,4-13H2,1-3H3,(H3,17,18). The van der Waals surface area contributed by atoms with E-state index in [2.05, 4.69) is 25.7 Å². The van der Waals surface area contributed by atoms with Crippen LogP contribution in [0.1, 0.15) is 72.1 Å². The molecule has 1 rings (SSSR count). The summed E-state index contributed by atoms with van der Waals surface area (Å²) in [5.41, 5.74) is 5.51. The monoisotopic (exact) mass is 267 g/mol. The fraction of sp³-hybridized carbons (Fsp3) is 0.938. The third kappa shape index (κ3) is 5.52. The normalized spacial score (nSPS) is 21.5. The van der Waals surface area contributed by atoms with Crippen LogP contribution in [0, 0.1) is 10.8 Å². The van der Waals surface area contributed by atoms with Crippen molar-refractivity contribution >= 4 is 5.84 Å². The van der Waals surface area contributed by atoms with Gasteiger partial charge in [0.2, 0.25) is 0 Å². The number of nitrogens with zero attached hydrogens (tertiary/aromatic N) is 1. The first-order valence-electron chi connectivity index (χ1n) is 8.06. The van der Waals surface area contributed by atoms with Crippen LogP contribution in [0.25, 0.3) is 0 Å². The quantitative estimate of drug-likeness (QED) is 0.399. The third-order valence-electron chi connectivity index (χ3n) is 4.60. The molecular formula is C16H33N3. The van der Waals surface area contributed by atoms with E-state index in [0.29, 0.717) is 5.84 Å². The average molecular weight is 267 g/mol. The van der Waals surface area contributed by atoms with Gasteiger partial charge in [-0.25, -0.2) is 0 Å². The van der Waals surface area contributed by atoms with Gasteiger partial charge in [0.25, 0.3) is 0 Å². The molecule has 1 fully saturated rings. The van der Waals surface area contributed by atoms with Gasteiger partial charge in [0.05, 0.1) is 5.84 Å². The Morgan fingerprint density at radius 2 is 2.05 bits per heavy atom. The van der Waals surface area contributed by atoms with E-state index in [0.717, 1.165) is 12.5 Å². The van der Waals surface area contributed by atoms with Crippen LogP contribution in [0.15, 0.2) is 0 Å². The predicted octanol–water partition coefficient (Wildman–Crippen LogP) is 3.77. The molecule has 1 aliphatic rings. The number of rotatable bonds is 8. The predicted molar refractivity (Wildman–Crippen MR) is 83.7 cm³/mol. The van der Waals surface area contributed by atoms with Gasteiger partial charge in [-0.2, -0.15) is 0 Å². The number of likely N-dealkylation sites (tertiary alicyclic amines) is 1. The molecule has 0 aromatic rings. The Morgan fingerprint density at radius 3 is 2.68 bits per heavy atom. The van der Waals surface area contributed by atoms with Crippen LogP contribution >= 0.6 is 0 Å². The highest BCUT2D eigenvalue weighted by atomic mass is 15.2. The summed E-state index contributed by atoms with van der Waals surface area (Å²) in [5, 5.41) is 7.58. The first-order chi connectivity index (χ1) is 8.97. The van der Waals surface area contributed by atoms with Crippen LogP contribution < -0.4 is 5.73 Å². The van der Waals surface area contributed by atoms with Gasteiger partial charge in [0.1, 0.15) is 0 Å². The zero-order chi connectivity index (χ0) is 14.3. The van der Waals surface area contributed by atoms with Crippen molar-refractivity contribution in [1.82, 2.24) is 4.90 Å². The lowest BCUT2D eigenvalue weighted by atomic mass is 9.86. The number of hydrogen-bond donors (Lipinski definition) is 2. The molecule has 3 nitrogen and oxygen atoms in total. The van der Waals surface area contributed by atoms with Gasteiger partial charge in [-0.05, 0) is 45.2 Å². The van der Waals surface area contributed by atoms with Crippen molar-refractivity contribution in [2.24, 2.45) is 11.1 Å². The second-order valence-corrected chi connectivity index (χ2v) is 6.73. The van der Waals surface area contributed by atoms with Gasteiger partial charge in [0.15, 0.2) is 0 Å². The summed E-state index contributed by atoms with van der Waals surface area (Å²) >= 11 is 0. The van der Waals surface area contributed by atoms with Crippen molar-refractivity contribution in [3.8, 4) is 0 Å². The Morgan fingerprint density at radius 1 is 1.32 bits per heavy atom. The lowest BCUT2D eigenvalue weighted by molar-refractivity contribution is 0.136. The maximum Gasteiger partial charge on any atom is 0.0963 e. The van der Waals surface area contributed by atoms with Crippen LogP contribution in [0.5, 0.6) is 0 Å². The molecule has 0 aromatic heterocycles. The summed E-state index contributed by atoms with van der Waals surface area (Å²) in [6.45, 7) is 8.98. The van der Waals surface area contributed by atoms with Crippen LogP contribution in [-0.4, -0.2) is 29.9 Å². The highest BCUT2D eigenvalue weighted by molar-refractivity contribution is 5.82. The lowest BCUT2D eigenvalue weighted by Gasteiger charge is -2.36. The van der Waals surface area contributed by atoms with Crippen molar-refractivity contribution in [3.05, 3.63) is 0 Å². The summed E-state index contributed by atoms with van der Waals surface area (Å²) in [6.07, 6.45) is 10.3. The summed E-state index contributed by atoms with van der Waals surface area (Å²) in [7, 11) is 0. The molecule has 0 spiro atoms. The van der Waals surface area contributed by atoms with E-state index in [9.17, 15) is 0 Å². The SMILES string of the molecule is CCCC1CCCCN1CCCCC(C)(C)C(=N)N. The Bertz CT molecular complexity index is 271. The van der Waals surface area contributed by atoms with Gasteiger partial charge in [0, 0.05) is 11.5 Å². The molecule has 0 bridgehead atoms. The molecule has 112 valence electrons. The molecule has 0 amide bonds. The molecular weight excluding hydrogens is 234 g/mol. The largest absolute Gasteiger partial charge is 0.387 e. The third-order valence-corrected chi connectivity index (χ3v) is 4.60.